The van der Waals surface area contributed by atoms with Gasteiger partial charge in [-0.3, -0.25) is 0 Å². The first-order valence-electron chi connectivity index (χ1n) is 9.47. The summed E-state index contributed by atoms with van der Waals surface area (Å²) in [7, 11) is 0. The number of aromatic hydroxyl groups is 1. The molecule has 0 bridgehead atoms. The molecule has 5 nitrogen and oxygen atoms in total. The van der Waals surface area contributed by atoms with E-state index in [1.165, 1.54) is 0 Å². The molecule has 0 radical (unpaired) electrons. The first-order chi connectivity index (χ1) is 13.3. The van der Waals surface area contributed by atoms with Crippen molar-refractivity contribution >= 4 is 27.5 Å². The summed E-state index contributed by atoms with van der Waals surface area (Å²) < 4.78 is 0. The van der Waals surface area contributed by atoms with Crippen LogP contribution in [0.5, 0.6) is 5.88 Å². The third kappa shape index (κ3) is 2.90. The Hall–Kier alpha value is -3.05. The SMILES string of the molecule is Oc1[nH]c2ccccc2c1-c1nc2ccccc2cc1NC1CCNCC1. The summed E-state index contributed by atoms with van der Waals surface area (Å²) in [4.78, 5) is 8.02. The zero-order valence-corrected chi connectivity index (χ0v) is 15.0. The Morgan fingerprint density at radius 1 is 1.00 bits per heavy atom. The lowest BCUT2D eigenvalue weighted by atomic mass is 10.0. The highest BCUT2D eigenvalue weighted by Crippen LogP contribution is 2.40. The molecule has 136 valence electrons. The quantitative estimate of drug-likeness (QED) is 0.442. The molecule has 1 aliphatic rings. The van der Waals surface area contributed by atoms with Crippen molar-refractivity contribution in [1.82, 2.24) is 15.3 Å². The van der Waals surface area contributed by atoms with Gasteiger partial charge in [-0.1, -0.05) is 36.4 Å². The first kappa shape index (κ1) is 16.1. The number of aromatic nitrogens is 2. The highest BCUT2D eigenvalue weighted by molar-refractivity contribution is 6.02. The maximum atomic E-state index is 10.7. The van der Waals surface area contributed by atoms with E-state index < -0.39 is 0 Å². The van der Waals surface area contributed by atoms with Crippen molar-refractivity contribution in [1.29, 1.82) is 0 Å². The number of hydrogen-bond acceptors (Lipinski definition) is 4. The summed E-state index contributed by atoms with van der Waals surface area (Å²) in [6, 6.07) is 18.6. The molecular weight excluding hydrogens is 336 g/mol. The van der Waals surface area contributed by atoms with Gasteiger partial charge in [-0.2, -0.15) is 0 Å². The van der Waals surface area contributed by atoms with E-state index in [1.54, 1.807) is 0 Å². The van der Waals surface area contributed by atoms with Crippen LogP contribution in [0.2, 0.25) is 0 Å². The normalized spacial score (nSPS) is 15.4. The zero-order chi connectivity index (χ0) is 18.2. The average Bonchev–Trinajstić information content (AvgIpc) is 3.04. The Morgan fingerprint density at radius 2 is 1.78 bits per heavy atom. The second-order valence-corrected chi connectivity index (χ2v) is 7.14. The van der Waals surface area contributed by atoms with Crippen molar-refractivity contribution in [2.24, 2.45) is 0 Å². The van der Waals surface area contributed by atoms with E-state index >= 15 is 0 Å². The average molecular weight is 358 g/mol. The number of fused-ring (bicyclic) bond motifs is 2. The molecule has 0 atom stereocenters. The van der Waals surface area contributed by atoms with E-state index in [2.05, 4.69) is 27.8 Å². The van der Waals surface area contributed by atoms with Gasteiger partial charge in [0, 0.05) is 22.3 Å². The number of anilines is 1. The van der Waals surface area contributed by atoms with Gasteiger partial charge in [0.05, 0.1) is 16.8 Å². The molecular formula is C22H22N4O. The predicted molar refractivity (Wildman–Crippen MR) is 110 cm³/mol. The van der Waals surface area contributed by atoms with Gasteiger partial charge in [-0.25, -0.2) is 4.98 Å². The summed E-state index contributed by atoms with van der Waals surface area (Å²) >= 11 is 0. The van der Waals surface area contributed by atoms with Gasteiger partial charge < -0.3 is 20.7 Å². The number of para-hydroxylation sites is 2. The van der Waals surface area contributed by atoms with Crippen LogP contribution in [-0.2, 0) is 0 Å². The third-order valence-electron chi connectivity index (χ3n) is 5.35. The summed E-state index contributed by atoms with van der Waals surface area (Å²) in [5.74, 6) is 0.160. The highest BCUT2D eigenvalue weighted by atomic mass is 16.3. The number of aromatic amines is 1. The van der Waals surface area contributed by atoms with Crippen LogP contribution in [0.3, 0.4) is 0 Å². The van der Waals surface area contributed by atoms with Crippen LogP contribution in [0, 0.1) is 0 Å². The number of hydrogen-bond donors (Lipinski definition) is 4. The Labute approximate surface area is 157 Å². The maximum absolute atomic E-state index is 10.7. The topological polar surface area (TPSA) is 73.0 Å². The molecule has 5 heteroatoms. The van der Waals surface area contributed by atoms with E-state index in [0.717, 1.165) is 64.7 Å². The number of nitrogens with zero attached hydrogens (tertiary/aromatic N) is 1. The van der Waals surface area contributed by atoms with Crippen LogP contribution >= 0.6 is 0 Å². The van der Waals surface area contributed by atoms with E-state index in [-0.39, 0.29) is 5.88 Å². The lowest BCUT2D eigenvalue weighted by Crippen LogP contribution is -2.35. The molecule has 2 aromatic heterocycles. The largest absolute Gasteiger partial charge is 0.494 e. The van der Waals surface area contributed by atoms with Crippen LogP contribution in [0.4, 0.5) is 5.69 Å². The third-order valence-corrected chi connectivity index (χ3v) is 5.35. The minimum Gasteiger partial charge on any atom is -0.494 e. The van der Waals surface area contributed by atoms with Gasteiger partial charge in [-0.05, 0) is 44.1 Å². The van der Waals surface area contributed by atoms with Crippen molar-refractivity contribution < 1.29 is 5.11 Å². The van der Waals surface area contributed by atoms with Crippen molar-refractivity contribution in [2.45, 2.75) is 18.9 Å². The summed E-state index contributed by atoms with van der Waals surface area (Å²) in [5, 5.41) is 19.8. The second-order valence-electron chi connectivity index (χ2n) is 7.14. The van der Waals surface area contributed by atoms with Crippen molar-refractivity contribution in [3.8, 4) is 17.1 Å². The van der Waals surface area contributed by atoms with Crippen LogP contribution in [-0.4, -0.2) is 34.2 Å². The molecule has 2 aromatic carbocycles. The van der Waals surface area contributed by atoms with Gasteiger partial charge in [-0.15, -0.1) is 0 Å². The molecule has 4 N–H and O–H groups in total. The summed E-state index contributed by atoms with van der Waals surface area (Å²) in [6.45, 7) is 2.04. The van der Waals surface area contributed by atoms with Gasteiger partial charge >= 0.3 is 0 Å². The Balaban J connectivity index is 1.71. The molecule has 4 aromatic rings. The van der Waals surface area contributed by atoms with Gasteiger partial charge in [0.15, 0.2) is 5.88 Å². The Bertz CT molecular complexity index is 1110. The number of H-pyrrole nitrogens is 1. The lowest BCUT2D eigenvalue weighted by molar-refractivity contribution is 0.460. The number of nitrogens with one attached hydrogen (secondary N) is 3. The van der Waals surface area contributed by atoms with Gasteiger partial charge in [0.1, 0.15) is 5.69 Å². The van der Waals surface area contributed by atoms with Crippen LogP contribution in [0.15, 0.2) is 54.6 Å². The molecule has 0 unspecified atom stereocenters. The first-order valence-corrected chi connectivity index (χ1v) is 9.47. The van der Waals surface area contributed by atoms with E-state index in [9.17, 15) is 5.11 Å². The molecule has 1 fully saturated rings. The fraction of sp³-hybridized carbons (Fsp3) is 0.227. The predicted octanol–water partition coefficient (Wildman–Crippen LogP) is 4.25. The molecule has 0 amide bonds. The fourth-order valence-corrected chi connectivity index (χ4v) is 3.97. The van der Waals surface area contributed by atoms with Crippen LogP contribution in [0.25, 0.3) is 33.1 Å². The number of pyridine rings is 1. The lowest BCUT2D eigenvalue weighted by Gasteiger charge is -2.26. The van der Waals surface area contributed by atoms with Gasteiger partial charge in [0.2, 0.25) is 0 Å². The Morgan fingerprint density at radius 3 is 2.67 bits per heavy atom. The monoisotopic (exact) mass is 358 g/mol. The molecule has 1 saturated heterocycles. The molecule has 0 aliphatic carbocycles. The maximum Gasteiger partial charge on any atom is 0.199 e. The molecule has 0 saturated carbocycles. The van der Waals surface area contributed by atoms with Crippen molar-refractivity contribution in [2.75, 3.05) is 18.4 Å². The van der Waals surface area contributed by atoms with Crippen molar-refractivity contribution in [3.05, 3.63) is 54.6 Å². The molecule has 27 heavy (non-hydrogen) atoms. The molecule has 1 aliphatic heterocycles. The second kappa shape index (κ2) is 6.59. The van der Waals surface area contributed by atoms with Crippen molar-refractivity contribution in [3.63, 3.8) is 0 Å². The molecule has 5 rings (SSSR count). The number of benzene rings is 2. The fourth-order valence-electron chi connectivity index (χ4n) is 3.97. The zero-order valence-electron chi connectivity index (χ0n) is 15.0. The smallest absolute Gasteiger partial charge is 0.199 e. The van der Waals surface area contributed by atoms with E-state index in [4.69, 9.17) is 4.98 Å². The molecule has 3 heterocycles. The summed E-state index contributed by atoms with van der Waals surface area (Å²) in [5.41, 5.74) is 4.36. The minimum absolute atomic E-state index is 0.160. The number of rotatable bonds is 3. The summed E-state index contributed by atoms with van der Waals surface area (Å²) in [6.07, 6.45) is 2.15. The highest BCUT2D eigenvalue weighted by Gasteiger charge is 2.21. The minimum atomic E-state index is 0.160. The van der Waals surface area contributed by atoms with Crippen LogP contribution < -0.4 is 10.6 Å². The van der Waals surface area contributed by atoms with E-state index in [0.29, 0.717) is 6.04 Å². The van der Waals surface area contributed by atoms with Crippen LogP contribution in [0.1, 0.15) is 12.8 Å². The number of piperidine rings is 1. The molecule has 0 spiro atoms. The van der Waals surface area contributed by atoms with Gasteiger partial charge in [0.25, 0.3) is 0 Å². The Kier molecular flexibility index (Phi) is 3.94. The van der Waals surface area contributed by atoms with E-state index in [1.807, 2.05) is 42.5 Å². The standard InChI is InChI=1S/C22H22N4O/c27-22-20(16-6-2-4-8-18(16)26-22)21-19(24-15-9-11-23-12-10-15)13-14-5-1-3-7-17(14)25-21/h1-8,13,15,23-24,26-27H,9-12H2.